The lowest BCUT2D eigenvalue weighted by molar-refractivity contribution is 0.554. The highest BCUT2D eigenvalue weighted by atomic mass is 32.2. The molecule has 0 aliphatic carbocycles. The molecule has 152 valence electrons. The van der Waals surface area contributed by atoms with Gasteiger partial charge in [-0.1, -0.05) is 66.2 Å². The largest absolute Gasteiger partial charge is 0.419 e. The van der Waals surface area contributed by atoms with Crippen LogP contribution in [0.15, 0.2) is 99.3 Å². The summed E-state index contributed by atoms with van der Waals surface area (Å²) in [6.45, 7) is 2.48. The average Bonchev–Trinajstić information content (AvgIpc) is 3.22. The minimum absolute atomic E-state index is 0.0808. The van der Waals surface area contributed by atoms with Crippen LogP contribution in [-0.4, -0.2) is 20.4 Å². The highest BCUT2D eigenvalue weighted by Crippen LogP contribution is 2.34. The summed E-state index contributed by atoms with van der Waals surface area (Å²) >= 11 is 0. The molecule has 1 heterocycles. The van der Waals surface area contributed by atoms with Crippen LogP contribution in [0.25, 0.3) is 11.5 Å². The van der Waals surface area contributed by atoms with Crippen molar-refractivity contribution in [3.63, 3.8) is 0 Å². The van der Waals surface area contributed by atoms with Crippen LogP contribution in [0, 0.1) is 6.92 Å². The summed E-state index contributed by atoms with van der Waals surface area (Å²) in [6.07, 6.45) is 0. The Morgan fingerprint density at radius 2 is 1.47 bits per heavy atom. The number of anilines is 1. The second kappa shape index (κ2) is 8.16. The Hall–Kier alpha value is -3.38. The number of hydrogen-bond donors (Lipinski definition) is 0. The van der Waals surface area contributed by atoms with E-state index in [0.717, 1.165) is 16.7 Å². The summed E-state index contributed by atoms with van der Waals surface area (Å²) in [5.74, 6) is 0.498. The summed E-state index contributed by atoms with van der Waals surface area (Å²) in [7, 11) is -2.05. The van der Waals surface area contributed by atoms with Gasteiger partial charge >= 0.3 is 0 Å². The third kappa shape index (κ3) is 4.00. The van der Waals surface area contributed by atoms with Crippen molar-refractivity contribution in [2.24, 2.45) is 0 Å². The zero-order chi connectivity index (χ0) is 21.1. The van der Waals surface area contributed by atoms with Crippen LogP contribution >= 0.6 is 0 Å². The summed E-state index contributed by atoms with van der Waals surface area (Å²) in [5.41, 5.74) is 2.87. The lowest BCUT2D eigenvalue weighted by atomic mass is 10.1. The van der Waals surface area contributed by atoms with Gasteiger partial charge in [0.05, 0.1) is 4.90 Å². The van der Waals surface area contributed by atoms with Gasteiger partial charge in [-0.2, -0.15) is 4.98 Å². The first-order valence-electron chi connectivity index (χ1n) is 9.58. The predicted octanol–water partition coefficient (Wildman–Crippen LogP) is 5.12. The molecule has 0 N–H and O–H groups in total. The molecule has 0 unspecified atom stereocenters. The van der Waals surface area contributed by atoms with Crippen molar-refractivity contribution in [3.05, 3.63) is 96.1 Å². The Bertz CT molecular complexity index is 1230. The molecular formula is C24H22N2O3S. The van der Waals surface area contributed by atoms with Crippen molar-refractivity contribution in [1.82, 2.24) is 4.98 Å². The maximum Gasteiger partial charge on any atom is 0.236 e. The van der Waals surface area contributed by atoms with Crippen LogP contribution in [0.5, 0.6) is 0 Å². The van der Waals surface area contributed by atoms with Gasteiger partial charge in [0.25, 0.3) is 0 Å². The molecule has 0 aliphatic rings. The third-order valence-electron chi connectivity index (χ3n) is 4.80. The Balaban J connectivity index is 1.81. The molecule has 0 saturated heterocycles. The number of hydrogen-bond acceptors (Lipinski definition) is 5. The third-order valence-corrected chi connectivity index (χ3v) is 6.46. The fourth-order valence-corrected chi connectivity index (χ4v) is 4.54. The average molecular weight is 419 g/mol. The second-order valence-electron chi connectivity index (χ2n) is 7.15. The number of sulfone groups is 1. The molecule has 4 aromatic rings. The summed E-state index contributed by atoms with van der Waals surface area (Å²) in [5, 5.41) is -0.0808. The van der Waals surface area contributed by atoms with Crippen LogP contribution in [0.2, 0.25) is 0 Å². The second-order valence-corrected chi connectivity index (χ2v) is 9.02. The number of aryl methyl sites for hydroxylation is 1. The Kier molecular flexibility index (Phi) is 5.42. The van der Waals surface area contributed by atoms with E-state index in [0.29, 0.717) is 6.54 Å². The lowest BCUT2D eigenvalue weighted by Crippen LogP contribution is -2.18. The van der Waals surface area contributed by atoms with Crippen molar-refractivity contribution < 1.29 is 12.8 Å². The summed E-state index contributed by atoms with van der Waals surface area (Å²) in [6, 6.07) is 25.7. The predicted molar refractivity (Wildman–Crippen MR) is 117 cm³/mol. The summed E-state index contributed by atoms with van der Waals surface area (Å²) in [4.78, 5) is 6.38. The molecule has 3 aromatic carbocycles. The minimum Gasteiger partial charge on any atom is -0.419 e. The highest BCUT2D eigenvalue weighted by molar-refractivity contribution is 7.91. The SMILES string of the molecule is Cc1ccc(-c2nc(S(=O)(=O)c3ccccc3)c(N(C)Cc3ccccc3)o2)cc1. The standard InChI is InChI=1S/C24H22N2O3S/c1-18-13-15-20(16-14-18)22-25-23(30(27,28)21-11-7-4-8-12-21)24(29-22)26(2)17-19-9-5-3-6-10-19/h3-16H,17H2,1-2H3. The minimum atomic E-state index is -3.85. The fraction of sp³-hybridized carbons (Fsp3) is 0.125. The smallest absolute Gasteiger partial charge is 0.236 e. The molecule has 0 spiro atoms. The molecule has 0 radical (unpaired) electrons. The van der Waals surface area contributed by atoms with Crippen LogP contribution in [0.3, 0.4) is 0 Å². The first kappa shape index (κ1) is 19.9. The molecule has 0 fully saturated rings. The summed E-state index contributed by atoms with van der Waals surface area (Å²) < 4.78 is 32.7. The van der Waals surface area contributed by atoms with Crippen molar-refractivity contribution >= 4 is 15.7 Å². The maximum atomic E-state index is 13.4. The van der Waals surface area contributed by atoms with E-state index < -0.39 is 9.84 Å². The van der Waals surface area contributed by atoms with Crippen LogP contribution < -0.4 is 4.90 Å². The van der Waals surface area contributed by atoms with Gasteiger partial charge < -0.3 is 9.32 Å². The fourth-order valence-electron chi connectivity index (χ4n) is 3.17. The number of nitrogens with zero attached hydrogens (tertiary/aromatic N) is 2. The van der Waals surface area contributed by atoms with Crippen molar-refractivity contribution in [3.8, 4) is 11.5 Å². The van der Waals surface area contributed by atoms with Crippen molar-refractivity contribution in [1.29, 1.82) is 0 Å². The van der Waals surface area contributed by atoms with E-state index in [2.05, 4.69) is 4.98 Å². The monoisotopic (exact) mass is 418 g/mol. The molecular weight excluding hydrogens is 396 g/mol. The van der Waals surface area contributed by atoms with E-state index in [9.17, 15) is 8.42 Å². The molecule has 4 rings (SSSR count). The zero-order valence-electron chi connectivity index (χ0n) is 16.8. The van der Waals surface area contributed by atoms with E-state index in [-0.39, 0.29) is 21.7 Å². The Morgan fingerprint density at radius 3 is 2.10 bits per heavy atom. The van der Waals surface area contributed by atoms with E-state index in [4.69, 9.17) is 4.42 Å². The first-order valence-corrected chi connectivity index (χ1v) is 11.1. The Morgan fingerprint density at radius 1 is 0.867 bits per heavy atom. The maximum absolute atomic E-state index is 13.4. The normalized spacial score (nSPS) is 11.4. The zero-order valence-corrected chi connectivity index (χ0v) is 17.6. The molecule has 30 heavy (non-hydrogen) atoms. The van der Waals surface area contributed by atoms with Gasteiger partial charge in [-0.3, -0.25) is 0 Å². The molecule has 1 aromatic heterocycles. The van der Waals surface area contributed by atoms with Crippen LogP contribution in [-0.2, 0) is 16.4 Å². The molecule has 0 atom stereocenters. The van der Waals surface area contributed by atoms with E-state index in [1.165, 1.54) is 0 Å². The van der Waals surface area contributed by atoms with E-state index in [1.54, 1.807) is 42.3 Å². The molecule has 0 saturated carbocycles. The van der Waals surface area contributed by atoms with Gasteiger partial charge in [0.2, 0.25) is 26.6 Å². The van der Waals surface area contributed by atoms with Gasteiger partial charge in [0.15, 0.2) is 0 Å². The molecule has 5 nitrogen and oxygen atoms in total. The van der Waals surface area contributed by atoms with Gasteiger partial charge in [0.1, 0.15) is 0 Å². The van der Waals surface area contributed by atoms with Crippen molar-refractivity contribution in [2.45, 2.75) is 23.4 Å². The van der Waals surface area contributed by atoms with Gasteiger partial charge in [-0.15, -0.1) is 0 Å². The van der Waals surface area contributed by atoms with Gasteiger partial charge in [0, 0.05) is 19.2 Å². The molecule has 0 aliphatic heterocycles. The van der Waals surface area contributed by atoms with E-state index in [1.807, 2.05) is 61.5 Å². The molecule has 0 bridgehead atoms. The highest BCUT2D eigenvalue weighted by Gasteiger charge is 2.30. The van der Waals surface area contributed by atoms with Crippen LogP contribution in [0.1, 0.15) is 11.1 Å². The number of aromatic nitrogens is 1. The first-order chi connectivity index (χ1) is 14.4. The number of rotatable bonds is 6. The number of benzene rings is 3. The quantitative estimate of drug-likeness (QED) is 0.435. The molecule has 0 amide bonds. The topological polar surface area (TPSA) is 63.4 Å². The number of oxazole rings is 1. The Labute approximate surface area is 176 Å². The van der Waals surface area contributed by atoms with E-state index >= 15 is 0 Å². The van der Waals surface area contributed by atoms with Gasteiger partial charge in [-0.25, -0.2) is 8.42 Å². The van der Waals surface area contributed by atoms with Crippen molar-refractivity contribution in [2.75, 3.05) is 11.9 Å². The lowest BCUT2D eigenvalue weighted by Gasteiger charge is -2.17. The molecule has 6 heteroatoms. The van der Waals surface area contributed by atoms with Crippen LogP contribution in [0.4, 0.5) is 5.88 Å². The van der Waals surface area contributed by atoms with Gasteiger partial charge in [-0.05, 0) is 36.8 Å².